The normalized spacial score (nSPS) is 20.1. The summed E-state index contributed by atoms with van der Waals surface area (Å²) in [7, 11) is -3.34. The van der Waals surface area contributed by atoms with E-state index in [-0.39, 0.29) is 6.61 Å². The van der Waals surface area contributed by atoms with Gasteiger partial charge in [-0.3, -0.25) is 13.6 Å². The third-order valence-corrected chi connectivity index (χ3v) is 4.36. The Hall–Kier alpha value is 0.0700. The van der Waals surface area contributed by atoms with Gasteiger partial charge in [0.25, 0.3) is 0 Å². The van der Waals surface area contributed by atoms with E-state index in [4.69, 9.17) is 13.6 Å². The summed E-state index contributed by atoms with van der Waals surface area (Å²) in [5.41, 5.74) is 0. The van der Waals surface area contributed by atoms with Crippen LogP contribution >= 0.6 is 7.82 Å². The number of phosphoric ester groups is 1. The summed E-state index contributed by atoms with van der Waals surface area (Å²) >= 11 is 0. The first kappa shape index (κ1) is 16.1. The average Bonchev–Trinajstić information content (AvgIpc) is 2.79. The highest BCUT2D eigenvalue weighted by atomic mass is 31.2. The summed E-state index contributed by atoms with van der Waals surface area (Å²) in [6.45, 7) is 2.80. The van der Waals surface area contributed by atoms with Crippen LogP contribution in [-0.2, 0) is 18.1 Å². The van der Waals surface area contributed by atoms with E-state index in [1.807, 2.05) is 0 Å². The molecule has 0 amide bonds. The fraction of sp³-hybridized carbons (Fsp3) is 1.00. The maximum atomic E-state index is 11.6. The molecule has 0 radical (unpaired) electrons. The lowest BCUT2D eigenvalue weighted by Crippen LogP contribution is -2.14. The van der Waals surface area contributed by atoms with Gasteiger partial charge in [-0.2, -0.15) is 0 Å². The molecule has 0 aromatic carbocycles. The van der Waals surface area contributed by atoms with E-state index in [0.717, 1.165) is 12.8 Å². The standard InChI is InChI=1S/C12H25O5P/c1-2-3-4-5-6-7-8-12(13)11-17-18(14)15-9-10-16-18/h12-13H,2-11H2,1H3. The van der Waals surface area contributed by atoms with Gasteiger partial charge in [-0.05, 0) is 6.42 Å². The highest BCUT2D eigenvalue weighted by Crippen LogP contribution is 2.52. The maximum Gasteiger partial charge on any atom is 0.475 e. The largest absolute Gasteiger partial charge is 0.475 e. The molecule has 0 spiro atoms. The zero-order valence-corrected chi connectivity index (χ0v) is 12.1. The molecule has 0 bridgehead atoms. The molecule has 6 heteroatoms. The highest BCUT2D eigenvalue weighted by molar-refractivity contribution is 7.48. The fourth-order valence-corrected chi connectivity index (χ4v) is 3.01. The van der Waals surface area contributed by atoms with Crippen LogP contribution < -0.4 is 0 Å². The van der Waals surface area contributed by atoms with Crippen molar-refractivity contribution < 1.29 is 23.2 Å². The number of aliphatic hydroxyl groups is 1. The smallest absolute Gasteiger partial charge is 0.391 e. The van der Waals surface area contributed by atoms with Crippen molar-refractivity contribution in [1.82, 2.24) is 0 Å². The van der Waals surface area contributed by atoms with Crippen LogP contribution in [0.2, 0.25) is 0 Å². The van der Waals surface area contributed by atoms with Crippen molar-refractivity contribution in [2.45, 2.75) is 58.0 Å². The molecule has 1 N–H and O–H groups in total. The molecule has 0 aromatic heterocycles. The van der Waals surface area contributed by atoms with Crippen LogP contribution in [0.15, 0.2) is 0 Å². The van der Waals surface area contributed by atoms with Gasteiger partial charge < -0.3 is 5.11 Å². The molecule has 1 saturated heterocycles. The highest BCUT2D eigenvalue weighted by Gasteiger charge is 2.32. The Kier molecular flexibility index (Phi) is 8.11. The third kappa shape index (κ3) is 6.86. The Morgan fingerprint density at radius 3 is 2.44 bits per heavy atom. The van der Waals surface area contributed by atoms with Crippen LogP contribution in [0.5, 0.6) is 0 Å². The molecule has 1 atom stereocenters. The van der Waals surface area contributed by atoms with E-state index in [1.54, 1.807) is 0 Å². The summed E-state index contributed by atoms with van der Waals surface area (Å²) in [5.74, 6) is 0. The molecule has 1 unspecified atom stereocenters. The lowest BCUT2D eigenvalue weighted by Gasteiger charge is -2.13. The minimum Gasteiger partial charge on any atom is -0.391 e. The van der Waals surface area contributed by atoms with Crippen LogP contribution in [0.1, 0.15) is 51.9 Å². The van der Waals surface area contributed by atoms with Gasteiger partial charge in [-0.15, -0.1) is 0 Å². The lowest BCUT2D eigenvalue weighted by atomic mass is 10.1. The molecular weight excluding hydrogens is 255 g/mol. The topological polar surface area (TPSA) is 65.0 Å². The summed E-state index contributed by atoms with van der Waals surface area (Å²) in [6.07, 6.45) is 7.19. The second-order valence-electron chi connectivity index (χ2n) is 4.62. The first-order valence-corrected chi connectivity index (χ1v) is 8.34. The molecule has 1 aliphatic heterocycles. The molecule has 1 aliphatic rings. The molecule has 1 rings (SSSR count). The van der Waals surface area contributed by atoms with Crippen LogP contribution in [0.25, 0.3) is 0 Å². The minimum atomic E-state index is -3.34. The Labute approximate surface area is 109 Å². The summed E-state index contributed by atoms with van der Waals surface area (Å²) in [6, 6.07) is 0. The van der Waals surface area contributed by atoms with Gasteiger partial charge in [0.15, 0.2) is 0 Å². The van der Waals surface area contributed by atoms with Crippen molar-refractivity contribution in [3.63, 3.8) is 0 Å². The number of aliphatic hydroxyl groups excluding tert-OH is 1. The van der Waals surface area contributed by atoms with Crippen molar-refractivity contribution in [3.05, 3.63) is 0 Å². The predicted molar refractivity (Wildman–Crippen MR) is 69.5 cm³/mol. The molecule has 108 valence electrons. The van der Waals surface area contributed by atoms with Crippen molar-refractivity contribution in [1.29, 1.82) is 0 Å². The third-order valence-electron chi connectivity index (χ3n) is 2.90. The Balaban J connectivity index is 1.96. The van der Waals surface area contributed by atoms with Gasteiger partial charge in [0.1, 0.15) is 0 Å². The average molecular weight is 280 g/mol. The van der Waals surface area contributed by atoms with Crippen molar-refractivity contribution >= 4 is 7.82 Å². The number of phosphoric acid groups is 1. The Bertz CT molecular complexity index is 249. The predicted octanol–water partition coefficient (Wildman–Crippen LogP) is 3.27. The zero-order valence-electron chi connectivity index (χ0n) is 11.2. The van der Waals surface area contributed by atoms with Crippen LogP contribution in [0.4, 0.5) is 0 Å². The first-order chi connectivity index (χ1) is 8.66. The van der Waals surface area contributed by atoms with E-state index in [9.17, 15) is 9.67 Å². The van der Waals surface area contributed by atoms with Crippen LogP contribution in [-0.4, -0.2) is 31.0 Å². The minimum absolute atomic E-state index is 0.0201. The van der Waals surface area contributed by atoms with Gasteiger partial charge in [0.2, 0.25) is 0 Å². The molecule has 0 aliphatic carbocycles. The molecule has 18 heavy (non-hydrogen) atoms. The summed E-state index contributed by atoms with van der Waals surface area (Å²) in [5, 5.41) is 9.67. The number of hydrogen-bond acceptors (Lipinski definition) is 5. The zero-order chi connectivity index (χ0) is 13.3. The van der Waals surface area contributed by atoms with E-state index in [2.05, 4.69) is 6.92 Å². The van der Waals surface area contributed by atoms with E-state index < -0.39 is 13.9 Å². The first-order valence-electron chi connectivity index (χ1n) is 6.88. The van der Waals surface area contributed by atoms with Crippen LogP contribution in [0, 0.1) is 0 Å². The monoisotopic (exact) mass is 280 g/mol. The van der Waals surface area contributed by atoms with E-state index >= 15 is 0 Å². The van der Waals surface area contributed by atoms with Gasteiger partial charge >= 0.3 is 7.82 Å². The Morgan fingerprint density at radius 1 is 1.17 bits per heavy atom. The van der Waals surface area contributed by atoms with Crippen molar-refractivity contribution in [2.75, 3.05) is 19.8 Å². The molecule has 1 fully saturated rings. The fourth-order valence-electron chi connectivity index (χ4n) is 1.83. The maximum absolute atomic E-state index is 11.6. The summed E-state index contributed by atoms with van der Waals surface area (Å²) < 4.78 is 26.3. The van der Waals surface area contributed by atoms with Gasteiger partial charge in [0.05, 0.1) is 25.9 Å². The number of unbranched alkanes of at least 4 members (excludes halogenated alkanes) is 5. The van der Waals surface area contributed by atoms with Gasteiger partial charge in [0, 0.05) is 0 Å². The van der Waals surface area contributed by atoms with Crippen LogP contribution in [0.3, 0.4) is 0 Å². The number of hydrogen-bond donors (Lipinski definition) is 1. The Morgan fingerprint density at radius 2 is 1.78 bits per heavy atom. The lowest BCUT2D eigenvalue weighted by molar-refractivity contribution is 0.0766. The van der Waals surface area contributed by atoms with Gasteiger partial charge in [-0.25, -0.2) is 4.57 Å². The SMILES string of the molecule is CCCCCCCCC(O)COP1(=O)OCCO1. The second kappa shape index (κ2) is 9.05. The van der Waals surface area contributed by atoms with Gasteiger partial charge in [-0.1, -0.05) is 45.4 Å². The molecule has 1 heterocycles. The van der Waals surface area contributed by atoms with E-state index in [1.165, 1.54) is 25.7 Å². The number of rotatable bonds is 10. The summed E-state index contributed by atoms with van der Waals surface area (Å²) in [4.78, 5) is 0. The van der Waals surface area contributed by atoms with Crippen molar-refractivity contribution in [3.8, 4) is 0 Å². The van der Waals surface area contributed by atoms with E-state index in [0.29, 0.717) is 19.6 Å². The molecule has 0 aromatic rings. The molecule has 5 nitrogen and oxygen atoms in total. The molecule has 0 saturated carbocycles. The molecular formula is C12H25O5P. The quantitative estimate of drug-likeness (QED) is 0.491. The second-order valence-corrected chi connectivity index (χ2v) is 6.29. The van der Waals surface area contributed by atoms with Crippen molar-refractivity contribution in [2.24, 2.45) is 0 Å².